The van der Waals surface area contributed by atoms with Crippen molar-refractivity contribution in [1.82, 2.24) is 0 Å². The van der Waals surface area contributed by atoms with E-state index in [4.69, 9.17) is 4.74 Å². The van der Waals surface area contributed by atoms with Crippen LogP contribution in [0.15, 0.2) is 54.6 Å². The van der Waals surface area contributed by atoms with E-state index < -0.39 is 0 Å². The molecule has 1 aliphatic rings. The topological polar surface area (TPSA) is 26.3 Å². The van der Waals surface area contributed by atoms with E-state index in [2.05, 4.69) is 43.3 Å². The number of benzene rings is 2. The average Bonchev–Trinajstić information content (AvgIpc) is 2.55. The first-order chi connectivity index (χ1) is 10.7. The Balaban J connectivity index is 1.85. The van der Waals surface area contributed by atoms with Gasteiger partial charge in [-0.15, -0.1) is 0 Å². The summed E-state index contributed by atoms with van der Waals surface area (Å²) in [5.41, 5.74) is 4.72. The molecule has 2 nitrogen and oxygen atoms in total. The Hall–Kier alpha value is -2.35. The number of hydrogen-bond acceptors (Lipinski definition) is 2. The number of allylic oxidation sites excluding steroid dienone is 2. The van der Waals surface area contributed by atoms with E-state index in [1.807, 2.05) is 18.2 Å². The van der Waals surface area contributed by atoms with Crippen molar-refractivity contribution >= 4 is 11.4 Å². The van der Waals surface area contributed by atoms with Gasteiger partial charge in [-0.2, -0.15) is 0 Å². The van der Waals surface area contributed by atoms with Gasteiger partial charge in [0.15, 0.2) is 5.78 Å². The Morgan fingerprint density at radius 3 is 2.27 bits per heavy atom. The zero-order valence-corrected chi connectivity index (χ0v) is 13.0. The molecule has 112 valence electrons. The number of ketones is 1. The van der Waals surface area contributed by atoms with Gasteiger partial charge in [0, 0.05) is 6.42 Å². The molecule has 0 bridgehead atoms. The lowest BCUT2D eigenvalue weighted by molar-refractivity contribution is -0.115. The molecule has 1 unspecified atom stereocenters. The van der Waals surface area contributed by atoms with Crippen molar-refractivity contribution in [2.45, 2.75) is 25.7 Å². The average molecular weight is 292 g/mol. The van der Waals surface area contributed by atoms with Crippen LogP contribution in [0, 0.1) is 6.92 Å². The standard InChI is InChI=1S/C20H20O2/c1-14-3-5-15(6-4-14)17-11-18(13-19(21)12-17)16-7-9-20(22-2)10-8-16/h3-10,12,18H,11,13H2,1-2H3. The third-order valence-electron chi connectivity index (χ3n) is 4.26. The summed E-state index contributed by atoms with van der Waals surface area (Å²) in [7, 11) is 1.66. The van der Waals surface area contributed by atoms with Crippen LogP contribution in [0.4, 0.5) is 0 Å². The van der Waals surface area contributed by atoms with Crippen molar-refractivity contribution in [3.63, 3.8) is 0 Å². The van der Waals surface area contributed by atoms with Gasteiger partial charge in [-0.1, -0.05) is 42.0 Å². The molecule has 3 rings (SSSR count). The third kappa shape index (κ3) is 3.11. The zero-order chi connectivity index (χ0) is 15.5. The number of aryl methyl sites for hydroxylation is 1. The highest BCUT2D eigenvalue weighted by atomic mass is 16.5. The zero-order valence-electron chi connectivity index (χ0n) is 13.0. The maximum atomic E-state index is 12.1. The van der Waals surface area contributed by atoms with E-state index in [9.17, 15) is 4.79 Å². The van der Waals surface area contributed by atoms with Crippen LogP contribution >= 0.6 is 0 Å². The van der Waals surface area contributed by atoms with Gasteiger partial charge in [-0.05, 0) is 54.2 Å². The fourth-order valence-electron chi connectivity index (χ4n) is 2.97. The molecule has 2 heteroatoms. The van der Waals surface area contributed by atoms with Crippen molar-refractivity contribution in [1.29, 1.82) is 0 Å². The highest BCUT2D eigenvalue weighted by Gasteiger charge is 2.22. The van der Waals surface area contributed by atoms with E-state index >= 15 is 0 Å². The van der Waals surface area contributed by atoms with Crippen molar-refractivity contribution in [2.24, 2.45) is 0 Å². The molecule has 22 heavy (non-hydrogen) atoms. The maximum Gasteiger partial charge on any atom is 0.156 e. The molecule has 0 amide bonds. The summed E-state index contributed by atoms with van der Waals surface area (Å²) < 4.78 is 5.20. The van der Waals surface area contributed by atoms with E-state index in [1.54, 1.807) is 7.11 Å². The Kier molecular flexibility index (Phi) is 4.10. The lowest BCUT2D eigenvalue weighted by Crippen LogP contribution is -2.12. The Bertz CT molecular complexity index is 693. The molecule has 0 N–H and O–H groups in total. The van der Waals surface area contributed by atoms with Crippen LogP contribution in [0.3, 0.4) is 0 Å². The first kappa shape index (κ1) is 14.6. The largest absolute Gasteiger partial charge is 0.497 e. The van der Waals surface area contributed by atoms with Gasteiger partial charge >= 0.3 is 0 Å². The van der Waals surface area contributed by atoms with E-state index in [0.29, 0.717) is 6.42 Å². The summed E-state index contributed by atoms with van der Waals surface area (Å²) in [4.78, 5) is 12.1. The van der Waals surface area contributed by atoms with Crippen LogP contribution in [-0.4, -0.2) is 12.9 Å². The van der Waals surface area contributed by atoms with Crippen molar-refractivity contribution in [3.05, 3.63) is 71.3 Å². The Labute approximate surface area is 131 Å². The lowest BCUT2D eigenvalue weighted by atomic mass is 9.81. The predicted octanol–water partition coefficient (Wildman–Crippen LogP) is 4.53. The molecule has 1 atom stereocenters. The van der Waals surface area contributed by atoms with Crippen LogP contribution in [0.1, 0.15) is 35.4 Å². The van der Waals surface area contributed by atoms with Crippen LogP contribution in [-0.2, 0) is 4.79 Å². The van der Waals surface area contributed by atoms with E-state index in [1.165, 1.54) is 11.1 Å². The van der Waals surface area contributed by atoms with Gasteiger partial charge < -0.3 is 4.74 Å². The second-order valence-electron chi connectivity index (χ2n) is 5.88. The SMILES string of the molecule is COc1ccc(C2CC(=O)C=C(c3ccc(C)cc3)C2)cc1. The number of rotatable bonds is 3. The minimum atomic E-state index is 0.211. The third-order valence-corrected chi connectivity index (χ3v) is 4.26. The summed E-state index contributed by atoms with van der Waals surface area (Å²) in [5, 5.41) is 0. The number of carbonyl (C=O) groups is 1. The van der Waals surface area contributed by atoms with Gasteiger partial charge in [0.1, 0.15) is 5.75 Å². The van der Waals surface area contributed by atoms with Gasteiger partial charge in [0.05, 0.1) is 7.11 Å². The summed E-state index contributed by atoms with van der Waals surface area (Å²) in [6.07, 6.45) is 3.30. The van der Waals surface area contributed by atoms with E-state index in [-0.39, 0.29) is 11.7 Å². The minimum absolute atomic E-state index is 0.211. The van der Waals surface area contributed by atoms with Crippen molar-refractivity contribution in [2.75, 3.05) is 7.11 Å². The van der Waals surface area contributed by atoms with Crippen LogP contribution in [0.2, 0.25) is 0 Å². The van der Waals surface area contributed by atoms with Crippen LogP contribution in [0.5, 0.6) is 5.75 Å². The molecule has 1 aliphatic carbocycles. The highest BCUT2D eigenvalue weighted by Crippen LogP contribution is 2.36. The second kappa shape index (κ2) is 6.18. The first-order valence-corrected chi connectivity index (χ1v) is 7.60. The van der Waals surface area contributed by atoms with E-state index in [0.717, 1.165) is 23.3 Å². The quantitative estimate of drug-likeness (QED) is 0.830. The number of hydrogen-bond donors (Lipinski definition) is 0. The summed E-state index contributed by atoms with van der Waals surface area (Å²) in [6, 6.07) is 16.4. The van der Waals surface area contributed by atoms with Crippen molar-refractivity contribution < 1.29 is 9.53 Å². The molecule has 0 saturated heterocycles. The smallest absolute Gasteiger partial charge is 0.156 e. The summed E-state index contributed by atoms with van der Waals surface area (Å²) >= 11 is 0. The molecule has 0 heterocycles. The number of ether oxygens (including phenoxy) is 1. The molecule has 2 aromatic carbocycles. The lowest BCUT2D eigenvalue weighted by Gasteiger charge is -2.23. The molecule has 0 radical (unpaired) electrons. The van der Waals surface area contributed by atoms with Gasteiger partial charge in [0.25, 0.3) is 0 Å². The van der Waals surface area contributed by atoms with Gasteiger partial charge in [-0.25, -0.2) is 0 Å². The minimum Gasteiger partial charge on any atom is -0.497 e. The fraction of sp³-hybridized carbons (Fsp3) is 0.250. The summed E-state index contributed by atoms with van der Waals surface area (Å²) in [5.74, 6) is 1.31. The number of carbonyl (C=O) groups excluding carboxylic acids is 1. The molecular formula is C20H20O2. The predicted molar refractivity (Wildman–Crippen MR) is 89.1 cm³/mol. The maximum absolute atomic E-state index is 12.1. The molecular weight excluding hydrogens is 272 g/mol. The summed E-state index contributed by atoms with van der Waals surface area (Å²) in [6.45, 7) is 2.07. The van der Waals surface area contributed by atoms with Gasteiger partial charge in [-0.3, -0.25) is 4.79 Å². The van der Waals surface area contributed by atoms with Crippen molar-refractivity contribution in [3.8, 4) is 5.75 Å². The number of methoxy groups -OCH3 is 1. The normalized spacial score (nSPS) is 18.0. The van der Waals surface area contributed by atoms with Gasteiger partial charge in [0.2, 0.25) is 0 Å². The molecule has 0 aromatic heterocycles. The monoisotopic (exact) mass is 292 g/mol. The highest BCUT2D eigenvalue weighted by molar-refractivity contribution is 5.99. The van der Waals surface area contributed by atoms with Crippen LogP contribution in [0.25, 0.3) is 5.57 Å². The first-order valence-electron chi connectivity index (χ1n) is 7.60. The molecule has 2 aromatic rings. The Morgan fingerprint density at radius 2 is 1.64 bits per heavy atom. The Morgan fingerprint density at radius 1 is 0.955 bits per heavy atom. The molecule has 0 spiro atoms. The molecule has 0 aliphatic heterocycles. The fourth-order valence-corrected chi connectivity index (χ4v) is 2.97. The molecule has 0 saturated carbocycles. The van der Waals surface area contributed by atoms with Crippen LogP contribution < -0.4 is 4.74 Å². The second-order valence-corrected chi connectivity index (χ2v) is 5.88. The molecule has 0 fully saturated rings.